The van der Waals surface area contributed by atoms with E-state index in [1.165, 1.54) is 25.8 Å². The monoisotopic (exact) mass is 319 g/mol. The Labute approximate surface area is 139 Å². The molecule has 0 unspecified atom stereocenters. The van der Waals surface area contributed by atoms with Gasteiger partial charge in [-0.25, -0.2) is 0 Å². The van der Waals surface area contributed by atoms with Crippen LogP contribution in [0.2, 0.25) is 0 Å². The van der Waals surface area contributed by atoms with Gasteiger partial charge in [-0.2, -0.15) is 0 Å². The van der Waals surface area contributed by atoms with Gasteiger partial charge in [0, 0.05) is 11.6 Å². The SMILES string of the molecule is CCOc1cc(C=O)ccc1OCCCCN1CCCC[C@H]1C. The molecule has 128 valence electrons. The van der Waals surface area contributed by atoms with Gasteiger partial charge in [-0.05, 0) is 70.8 Å². The number of likely N-dealkylation sites (tertiary alicyclic amines) is 1. The first-order chi connectivity index (χ1) is 11.2. The fourth-order valence-corrected chi connectivity index (χ4v) is 3.07. The lowest BCUT2D eigenvalue weighted by atomic mass is 10.0. The summed E-state index contributed by atoms with van der Waals surface area (Å²) in [5.74, 6) is 1.38. The van der Waals surface area contributed by atoms with Gasteiger partial charge in [0.25, 0.3) is 0 Å². The molecule has 4 heteroatoms. The Balaban J connectivity index is 1.74. The van der Waals surface area contributed by atoms with Crippen molar-refractivity contribution in [3.8, 4) is 11.5 Å². The second kappa shape index (κ2) is 9.56. The van der Waals surface area contributed by atoms with Crippen molar-refractivity contribution < 1.29 is 14.3 Å². The molecule has 0 N–H and O–H groups in total. The van der Waals surface area contributed by atoms with Crippen molar-refractivity contribution in [2.75, 3.05) is 26.3 Å². The van der Waals surface area contributed by atoms with E-state index < -0.39 is 0 Å². The quantitative estimate of drug-likeness (QED) is 0.510. The second-order valence-electron chi connectivity index (χ2n) is 6.19. The van der Waals surface area contributed by atoms with Gasteiger partial charge >= 0.3 is 0 Å². The summed E-state index contributed by atoms with van der Waals surface area (Å²) >= 11 is 0. The van der Waals surface area contributed by atoms with Crippen LogP contribution in [-0.4, -0.2) is 43.5 Å². The van der Waals surface area contributed by atoms with Crippen LogP contribution in [0.1, 0.15) is 56.3 Å². The summed E-state index contributed by atoms with van der Waals surface area (Å²) in [5.41, 5.74) is 0.611. The van der Waals surface area contributed by atoms with Gasteiger partial charge in [-0.15, -0.1) is 0 Å². The van der Waals surface area contributed by atoms with E-state index in [0.29, 0.717) is 24.5 Å². The van der Waals surface area contributed by atoms with E-state index in [1.807, 2.05) is 13.0 Å². The number of aldehydes is 1. The molecule has 0 saturated carbocycles. The van der Waals surface area contributed by atoms with Crippen molar-refractivity contribution in [3.05, 3.63) is 23.8 Å². The Bertz CT molecular complexity index is 490. The van der Waals surface area contributed by atoms with Gasteiger partial charge < -0.3 is 14.4 Å². The van der Waals surface area contributed by atoms with E-state index in [2.05, 4.69) is 11.8 Å². The van der Waals surface area contributed by atoms with Crippen molar-refractivity contribution in [2.24, 2.45) is 0 Å². The van der Waals surface area contributed by atoms with Crippen LogP contribution in [0, 0.1) is 0 Å². The average molecular weight is 319 g/mol. The number of benzene rings is 1. The zero-order chi connectivity index (χ0) is 16.5. The molecule has 0 aromatic heterocycles. The van der Waals surface area contributed by atoms with Gasteiger partial charge in [-0.3, -0.25) is 4.79 Å². The van der Waals surface area contributed by atoms with E-state index in [0.717, 1.165) is 37.5 Å². The molecule has 0 amide bonds. The highest BCUT2D eigenvalue weighted by atomic mass is 16.5. The Hall–Kier alpha value is -1.55. The smallest absolute Gasteiger partial charge is 0.161 e. The van der Waals surface area contributed by atoms with Gasteiger partial charge in [-0.1, -0.05) is 6.42 Å². The van der Waals surface area contributed by atoms with Crippen LogP contribution in [0.15, 0.2) is 18.2 Å². The van der Waals surface area contributed by atoms with E-state index in [-0.39, 0.29) is 0 Å². The molecular formula is C19H29NO3. The van der Waals surface area contributed by atoms with Crippen molar-refractivity contribution in [3.63, 3.8) is 0 Å². The molecule has 2 rings (SSSR count). The molecule has 1 aliphatic rings. The number of hydrogen-bond acceptors (Lipinski definition) is 4. The Morgan fingerprint density at radius 2 is 2.09 bits per heavy atom. The van der Waals surface area contributed by atoms with Crippen LogP contribution in [0.5, 0.6) is 11.5 Å². The Kier molecular flexibility index (Phi) is 7.40. The van der Waals surface area contributed by atoms with Gasteiger partial charge in [0.1, 0.15) is 6.29 Å². The minimum atomic E-state index is 0.561. The summed E-state index contributed by atoms with van der Waals surface area (Å²) in [5, 5.41) is 0. The highest BCUT2D eigenvalue weighted by molar-refractivity contribution is 5.76. The molecule has 1 fully saturated rings. The lowest BCUT2D eigenvalue weighted by molar-refractivity contribution is 0.112. The molecule has 0 aliphatic carbocycles. The third-order valence-corrected chi connectivity index (χ3v) is 4.44. The van der Waals surface area contributed by atoms with Crippen LogP contribution in [0.4, 0.5) is 0 Å². The number of hydrogen-bond donors (Lipinski definition) is 0. The highest BCUT2D eigenvalue weighted by Crippen LogP contribution is 2.28. The van der Waals surface area contributed by atoms with E-state index in [4.69, 9.17) is 9.47 Å². The molecule has 0 bridgehead atoms. The molecule has 1 aliphatic heterocycles. The number of unbranched alkanes of at least 4 members (excludes halogenated alkanes) is 1. The number of nitrogens with zero attached hydrogens (tertiary/aromatic N) is 1. The van der Waals surface area contributed by atoms with Gasteiger partial charge in [0.2, 0.25) is 0 Å². The number of carbonyl (C=O) groups excluding carboxylic acids is 1. The fraction of sp³-hybridized carbons (Fsp3) is 0.632. The zero-order valence-electron chi connectivity index (χ0n) is 14.4. The first-order valence-electron chi connectivity index (χ1n) is 8.83. The molecule has 23 heavy (non-hydrogen) atoms. The first kappa shape index (κ1) is 17.8. The lowest BCUT2D eigenvalue weighted by Gasteiger charge is -2.33. The molecule has 4 nitrogen and oxygen atoms in total. The first-order valence-corrected chi connectivity index (χ1v) is 8.83. The molecular weight excluding hydrogens is 290 g/mol. The maximum Gasteiger partial charge on any atom is 0.161 e. The predicted molar refractivity (Wildman–Crippen MR) is 92.6 cm³/mol. The minimum absolute atomic E-state index is 0.561. The number of carbonyl (C=O) groups is 1. The second-order valence-corrected chi connectivity index (χ2v) is 6.19. The maximum absolute atomic E-state index is 10.8. The minimum Gasteiger partial charge on any atom is -0.490 e. The van der Waals surface area contributed by atoms with E-state index in [9.17, 15) is 4.79 Å². The third kappa shape index (κ3) is 5.54. The van der Waals surface area contributed by atoms with Crippen LogP contribution < -0.4 is 9.47 Å². The topological polar surface area (TPSA) is 38.8 Å². The highest BCUT2D eigenvalue weighted by Gasteiger charge is 2.17. The van der Waals surface area contributed by atoms with Crippen molar-refractivity contribution in [2.45, 2.75) is 52.0 Å². The Morgan fingerprint density at radius 1 is 1.22 bits per heavy atom. The van der Waals surface area contributed by atoms with Crippen LogP contribution in [0.3, 0.4) is 0 Å². The molecule has 0 spiro atoms. The largest absolute Gasteiger partial charge is 0.490 e. The Morgan fingerprint density at radius 3 is 2.83 bits per heavy atom. The summed E-state index contributed by atoms with van der Waals surface area (Å²) < 4.78 is 11.4. The number of piperidine rings is 1. The summed E-state index contributed by atoms with van der Waals surface area (Å²) in [6.45, 7) is 7.90. The lowest BCUT2D eigenvalue weighted by Crippen LogP contribution is -2.38. The number of ether oxygens (including phenoxy) is 2. The maximum atomic E-state index is 10.8. The van der Waals surface area contributed by atoms with Crippen LogP contribution in [-0.2, 0) is 0 Å². The third-order valence-electron chi connectivity index (χ3n) is 4.44. The molecule has 0 radical (unpaired) electrons. The van der Waals surface area contributed by atoms with Crippen LogP contribution >= 0.6 is 0 Å². The molecule has 1 aromatic rings. The van der Waals surface area contributed by atoms with E-state index >= 15 is 0 Å². The summed E-state index contributed by atoms with van der Waals surface area (Å²) in [6, 6.07) is 6.05. The predicted octanol–water partition coefficient (Wildman–Crippen LogP) is 3.93. The summed E-state index contributed by atoms with van der Waals surface area (Å²) in [4.78, 5) is 13.4. The summed E-state index contributed by atoms with van der Waals surface area (Å²) in [6.07, 6.45) is 7.05. The fourth-order valence-electron chi connectivity index (χ4n) is 3.07. The van der Waals surface area contributed by atoms with Gasteiger partial charge in [0.15, 0.2) is 11.5 Å². The summed E-state index contributed by atoms with van der Waals surface area (Å²) in [7, 11) is 0. The average Bonchev–Trinajstić information content (AvgIpc) is 2.57. The van der Waals surface area contributed by atoms with Crippen molar-refractivity contribution in [1.82, 2.24) is 4.90 Å². The van der Waals surface area contributed by atoms with Gasteiger partial charge in [0.05, 0.1) is 13.2 Å². The zero-order valence-corrected chi connectivity index (χ0v) is 14.4. The molecule has 1 saturated heterocycles. The van der Waals surface area contributed by atoms with Crippen molar-refractivity contribution in [1.29, 1.82) is 0 Å². The van der Waals surface area contributed by atoms with Crippen LogP contribution in [0.25, 0.3) is 0 Å². The standard InChI is InChI=1S/C19H29NO3/c1-3-22-19-14-17(15-21)9-10-18(19)23-13-7-6-12-20-11-5-4-8-16(20)2/h9-10,14-16H,3-8,11-13H2,1-2H3/t16-/m1/s1. The molecule has 1 aromatic carbocycles. The van der Waals surface area contributed by atoms with E-state index in [1.54, 1.807) is 12.1 Å². The molecule has 1 heterocycles. The number of rotatable bonds is 9. The molecule has 1 atom stereocenters. The van der Waals surface area contributed by atoms with Crippen molar-refractivity contribution >= 4 is 6.29 Å². The normalized spacial score (nSPS) is 18.6.